The van der Waals surface area contributed by atoms with Crippen molar-refractivity contribution in [2.24, 2.45) is 0 Å². The van der Waals surface area contributed by atoms with E-state index in [1.165, 1.54) is 24.2 Å². The van der Waals surface area contributed by atoms with Crippen LogP contribution in [0.15, 0.2) is 18.2 Å². The largest absolute Gasteiger partial charge is 0.399 e. The van der Waals surface area contributed by atoms with Gasteiger partial charge in [0.1, 0.15) is 0 Å². The summed E-state index contributed by atoms with van der Waals surface area (Å²) in [6.07, 6.45) is 0. The van der Waals surface area contributed by atoms with Crippen molar-refractivity contribution >= 4 is 5.69 Å². The van der Waals surface area contributed by atoms with Crippen LogP contribution in [0.2, 0.25) is 0 Å². The van der Waals surface area contributed by atoms with E-state index in [1.807, 2.05) is 6.07 Å². The summed E-state index contributed by atoms with van der Waals surface area (Å²) in [6, 6.07) is 6.90. The molecule has 2 rings (SSSR count). The van der Waals surface area contributed by atoms with Crippen LogP contribution >= 0.6 is 0 Å². The van der Waals surface area contributed by atoms with Crippen molar-refractivity contribution in [3.63, 3.8) is 0 Å². The molecule has 0 unspecified atom stereocenters. The third-order valence-corrected chi connectivity index (χ3v) is 4.02. The molecule has 0 aliphatic carbocycles. The molecule has 1 aromatic carbocycles. The minimum absolute atomic E-state index is 0.668. The minimum Gasteiger partial charge on any atom is -0.399 e. The maximum Gasteiger partial charge on any atom is 0.0346 e. The molecule has 0 amide bonds. The lowest BCUT2D eigenvalue weighted by molar-refractivity contribution is 0.104. The van der Waals surface area contributed by atoms with Gasteiger partial charge in [-0.3, -0.25) is 9.80 Å². The van der Waals surface area contributed by atoms with Gasteiger partial charge in [0.2, 0.25) is 0 Å². The lowest BCUT2D eigenvalue weighted by Crippen LogP contribution is -2.48. The topological polar surface area (TPSA) is 32.5 Å². The first kappa shape index (κ1) is 13.4. The van der Waals surface area contributed by atoms with E-state index in [0.717, 1.165) is 25.3 Å². The third-order valence-electron chi connectivity index (χ3n) is 4.02. The quantitative estimate of drug-likeness (QED) is 0.830. The van der Waals surface area contributed by atoms with Gasteiger partial charge in [0.05, 0.1) is 0 Å². The van der Waals surface area contributed by atoms with Crippen molar-refractivity contribution < 1.29 is 0 Å². The van der Waals surface area contributed by atoms with Gasteiger partial charge in [-0.25, -0.2) is 0 Å². The molecule has 0 aromatic heterocycles. The van der Waals surface area contributed by atoms with Crippen molar-refractivity contribution in [3.8, 4) is 0 Å². The van der Waals surface area contributed by atoms with Crippen molar-refractivity contribution in [3.05, 3.63) is 29.3 Å². The first-order valence-electron chi connectivity index (χ1n) is 6.88. The molecule has 1 heterocycles. The van der Waals surface area contributed by atoms with Crippen LogP contribution in [0.25, 0.3) is 0 Å². The number of anilines is 1. The van der Waals surface area contributed by atoms with Crippen LogP contribution in [0.4, 0.5) is 5.69 Å². The van der Waals surface area contributed by atoms with Gasteiger partial charge in [-0.05, 0) is 38.0 Å². The van der Waals surface area contributed by atoms with E-state index < -0.39 is 0 Å². The second-order valence-electron chi connectivity index (χ2n) is 5.54. The van der Waals surface area contributed by atoms with Gasteiger partial charge in [0.25, 0.3) is 0 Å². The number of nitrogen functional groups attached to an aromatic ring is 1. The fraction of sp³-hybridized carbons (Fsp3) is 0.600. The highest BCUT2D eigenvalue weighted by atomic mass is 15.3. The maximum absolute atomic E-state index is 5.96. The highest BCUT2D eigenvalue weighted by Gasteiger charge is 2.19. The number of nitrogens with two attached hydrogens (primary N) is 1. The zero-order chi connectivity index (χ0) is 13.1. The molecule has 1 aromatic rings. The molecule has 0 atom stereocenters. The number of hydrogen-bond donors (Lipinski definition) is 1. The van der Waals surface area contributed by atoms with E-state index in [4.69, 9.17) is 5.73 Å². The van der Waals surface area contributed by atoms with Crippen LogP contribution in [-0.4, -0.2) is 42.0 Å². The van der Waals surface area contributed by atoms with E-state index in [2.05, 4.69) is 42.7 Å². The van der Waals surface area contributed by atoms with Gasteiger partial charge in [-0.15, -0.1) is 0 Å². The van der Waals surface area contributed by atoms with Gasteiger partial charge in [-0.1, -0.05) is 12.1 Å². The van der Waals surface area contributed by atoms with Gasteiger partial charge in [-0.2, -0.15) is 0 Å². The molecule has 0 spiro atoms. The summed E-state index contributed by atoms with van der Waals surface area (Å²) < 4.78 is 0. The molecule has 1 aliphatic rings. The van der Waals surface area contributed by atoms with E-state index >= 15 is 0 Å². The van der Waals surface area contributed by atoms with Crippen LogP contribution < -0.4 is 5.73 Å². The average Bonchev–Trinajstić information content (AvgIpc) is 2.36. The molecule has 100 valence electrons. The van der Waals surface area contributed by atoms with Gasteiger partial charge in [0, 0.05) is 44.5 Å². The Hall–Kier alpha value is -1.06. The van der Waals surface area contributed by atoms with Crippen molar-refractivity contribution in [2.75, 3.05) is 31.9 Å². The maximum atomic E-state index is 5.96. The summed E-state index contributed by atoms with van der Waals surface area (Å²) in [5.41, 5.74) is 9.48. The van der Waals surface area contributed by atoms with E-state index in [9.17, 15) is 0 Å². The average molecular weight is 247 g/mol. The smallest absolute Gasteiger partial charge is 0.0346 e. The van der Waals surface area contributed by atoms with Crippen molar-refractivity contribution in [1.82, 2.24) is 9.80 Å². The molecule has 3 nitrogen and oxygen atoms in total. The number of hydrogen-bond acceptors (Lipinski definition) is 3. The zero-order valence-electron chi connectivity index (χ0n) is 11.8. The summed E-state index contributed by atoms with van der Waals surface area (Å²) >= 11 is 0. The Morgan fingerprint density at radius 3 is 2.44 bits per heavy atom. The predicted molar refractivity (Wildman–Crippen MR) is 77.6 cm³/mol. The molecular weight excluding hydrogens is 222 g/mol. The molecule has 18 heavy (non-hydrogen) atoms. The van der Waals surface area contributed by atoms with Gasteiger partial charge < -0.3 is 5.73 Å². The van der Waals surface area contributed by atoms with E-state index in [1.54, 1.807) is 0 Å². The molecule has 0 bridgehead atoms. The first-order chi connectivity index (χ1) is 8.58. The summed E-state index contributed by atoms with van der Waals surface area (Å²) in [6.45, 7) is 12.4. The van der Waals surface area contributed by atoms with Crippen molar-refractivity contribution in [1.29, 1.82) is 0 Å². The first-order valence-corrected chi connectivity index (χ1v) is 6.88. The Morgan fingerprint density at radius 2 is 1.83 bits per heavy atom. The van der Waals surface area contributed by atoms with Crippen LogP contribution in [0.3, 0.4) is 0 Å². The molecule has 1 aliphatic heterocycles. The molecule has 1 fully saturated rings. The monoisotopic (exact) mass is 247 g/mol. The number of rotatable bonds is 3. The Balaban J connectivity index is 1.94. The normalized spacial score (nSPS) is 18.4. The Labute approximate surface area is 111 Å². The second-order valence-corrected chi connectivity index (χ2v) is 5.54. The fourth-order valence-corrected chi connectivity index (χ4v) is 2.55. The molecule has 3 heteroatoms. The Kier molecular flexibility index (Phi) is 4.25. The van der Waals surface area contributed by atoms with Crippen LogP contribution in [0.1, 0.15) is 25.0 Å². The fourth-order valence-electron chi connectivity index (χ4n) is 2.55. The van der Waals surface area contributed by atoms with Gasteiger partial charge >= 0.3 is 0 Å². The highest BCUT2D eigenvalue weighted by Crippen LogP contribution is 2.18. The number of benzene rings is 1. The van der Waals surface area contributed by atoms with E-state index in [0.29, 0.717) is 6.04 Å². The lowest BCUT2D eigenvalue weighted by Gasteiger charge is -2.37. The summed E-state index contributed by atoms with van der Waals surface area (Å²) in [4.78, 5) is 5.07. The summed E-state index contributed by atoms with van der Waals surface area (Å²) in [5.74, 6) is 0. The lowest BCUT2D eigenvalue weighted by atomic mass is 10.1. The van der Waals surface area contributed by atoms with Crippen molar-refractivity contribution in [2.45, 2.75) is 33.4 Å². The molecular formula is C15H25N3. The zero-order valence-corrected chi connectivity index (χ0v) is 11.8. The number of piperazine rings is 1. The molecule has 0 saturated carbocycles. The van der Waals surface area contributed by atoms with Crippen LogP contribution in [0, 0.1) is 6.92 Å². The second kappa shape index (κ2) is 5.72. The number of nitrogens with zero attached hydrogens (tertiary/aromatic N) is 2. The highest BCUT2D eigenvalue weighted by molar-refractivity contribution is 5.49. The SMILES string of the molecule is Cc1c(N)cccc1CN1CCN(C(C)C)CC1. The third kappa shape index (κ3) is 3.03. The molecule has 0 radical (unpaired) electrons. The molecule has 2 N–H and O–H groups in total. The van der Waals surface area contributed by atoms with Crippen LogP contribution in [0.5, 0.6) is 0 Å². The Morgan fingerprint density at radius 1 is 1.17 bits per heavy atom. The summed E-state index contributed by atoms with van der Waals surface area (Å²) in [5, 5.41) is 0. The summed E-state index contributed by atoms with van der Waals surface area (Å²) in [7, 11) is 0. The van der Waals surface area contributed by atoms with E-state index in [-0.39, 0.29) is 0 Å². The standard InChI is InChI=1S/C15H25N3/c1-12(2)18-9-7-17(8-10-18)11-14-5-4-6-15(16)13(14)3/h4-6,12H,7-11,16H2,1-3H3. The minimum atomic E-state index is 0.668. The molecule has 1 saturated heterocycles. The van der Waals surface area contributed by atoms with Gasteiger partial charge in [0.15, 0.2) is 0 Å². The van der Waals surface area contributed by atoms with Crippen LogP contribution in [-0.2, 0) is 6.54 Å². The predicted octanol–water partition coefficient (Wildman–Crippen LogP) is 2.10. The Bertz CT molecular complexity index is 393.